The highest BCUT2D eigenvalue weighted by molar-refractivity contribution is 7.92. The van der Waals surface area contributed by atoms with Crippen molar-refractivity contribution >= 4 is 21.6 Å². The number of nitrogens with zero attached hydrogens (tertiary/aromatic N) is 1. The van der Waals surface area contributed by atoms with Gasteiger partial charge >= 0.3 is 0 Å². The van der Waals surface area contributed by atoms with Gasteiger partial charge in [0.25, 0.3) is 10.0 Å². The van der Waals surface area contributed by atoms with Crippen LogP contribution in [0.4, 0.5) is 5.69 Å². The quantitative estimate of drug-likeness (QED) is 0.381. The smallest absolute Gasteiger partial charge is 0.264 e. The Bertz CT molecular complexity index is 1230. The highest BCUT2D eigenvalue weighted by atomic mass is 32.2. The highest BCUT2D eigenvalue weighted by Crippen LogP contribution is 2.35. The fraction of sp³-hybridized carbons (Fsp3) is 0.240. The van der Waals surface area contributed by atoms with Gasteiger partial charge in [-0.05, 0) is 36.4 Å². The lowest BCUT2D eigenvalue weighted by molar-refractivity contribution is -0.119. The third kappa shape index (κ3) is 6.57. The molecule has 1 amide bonds. The molecule has 35 heavy (non-hydrogen) atoms. The van der Waals surface area contributed by atoms with Gasteiger partial charge in [-0.15, -0.1) is 0 Å². The van der Waals surface area contributed by atoms with Crippen molar-refractivity contribution in [1.29, 1.82) is 0 Å². The van der Waals surface area contributed by atoms with Gasteiger partial charge in [0, 0.05) is 12.1 Å². The van der Waals surface area contributed by atoms with E-state index in [9.17, 15) is 13.2 Å². The molecule has 3 rings (SSSR count). The van der Waals surface area contributed by atoms with E-state index in [1.165, 1.54) is 32.4 Å². The highest BCUT2D eigenvalue weighted by Gasteiger charge is 2.29. The fourth-order valence-electron chi connectivity index (χ4n) is 3.25. The van der Waals surface area contributed by atoms with Crippen molar-refractivity contribution in [3.8, 4) is 23.0 Å². The summed E-state index contributed by atoms with van der Waals surface area (Å²) in [7, 11) is 0.359. The van der Waals surface area contributed by atoms with Gasteiger partial charge in [0.05, 0.1) is 38.5 Å². The molecule has 0 spiro atoms. The maximum atomic E-state index is 13.5. The van der Waals surface area contributed by atoms with Gasteiger partial charge in [-0.25, -0.2) is 8.42 Å². The summed E-state index contributed by atoms with van der Waals surface area (Å²) in [6.45, 7) is -0.114. The number of nitrogens with one attached hydrogen (secondary N) is 1. The second kappa shape index (κ2) is 12.0. The zero-order valence-corrected chi connectivity index (χ0v) is 20.6. The van der Waals surface area contributed by atoms with Crippen molar-refractivity contribution in [1.82, 2.24) is 5.32 Å². The molecule has 0 fully saturated rings. The van der Waals surface area contributed by atoms with E-state index in [2.05, 4.69) is 5.32 Å². The maximum Gasteiger partial charge on any atom is 0.264 e. The monoisotopic (exact) mass is 500 g/mol. The largest absolute Gasteiger partial charge is 0.497 e. The third-order valence-corrected chi connectivity index (χ3v) is 6.78. The Labute approximate surface area is 205 Å². The maximum absolute atomic E-state index is 13.5. The normalized spacial score (nSPS) is 10.8. The molecule has 9 nitrogen and oxygen atoms in total. The Morgan fingerprint density at radius 3 is 2.20 bits per heavy atom. The minimum Gasteiger partial charge on any atom is -0.497 e. The molecule has 1 N–H and O–H groups in total. The molecule has 0 heterocycles. The third-order valence-electron chi connectivity index (χ3n) is 5.01. The molecule has 0 atom stereocenters. The minimum atomic E-state index is -4.10. The Balaban J connectivity index is 1.78. The molecule has 0 unspecified atom stereocenters. The van der Waals surface area contributed by atoms with E-state index in [0.29, 0.717) is 17.2 Å². The average Bonchev–Trinajstić information content (AvgIpc) is 2.90. The molecule has 10 heteroatoms. The lowest BCUT2D eigenvalue weighted by Gasteiger charge is -2.26. The zero-order chi connectivity index (χ0) is 25.3. The van der Waals surface area contributed by atoms with E-state index in [1.807, 2.05) is 0 Å². The number of rotatable bonds is 12. The van der Waals surface area contributed by atoms with Gasteiger partial charge in [0.15, 0.2) is 0 Å². The molecule has 0 saturated heterocycles. The van der Waals surface area contributed by atoms with Gasteiger partial charge in [0.2, 0.25) is 5.91 Å². The number of hydrogen-bond acceptors (Lipinski definition) is 7. The second-order valence-electron chi connectivity index (χ2n) is 7.24. The average molecular weight is 501 g/mol. The molecule has 0 aliphatic heterocycles. The van der Waals surface area contributed by atoms with Crippen LogP contribution in [0.1, 0.15) is 0 Å². The van der Waals surface area contributed by atoms with Crippen LogP contribution in [0.3, 0.4) is 0 Å². The summed E-state index contributed by atoms with van der Waals surface area (Å²) >= 11 is 0. The molecule has 3 aromatic carbocycles. The van der Waals surface area contributed by atoms with E-state index in [-0.39, 0.29) is 29.5 Å². The van der Waals surface area contributed by atoms with Crippen molar-refractivity contribution in [2.75, 3.05) is 45.3 Å². The lowest BCUT2D eigenvalue weighted by atomic mass is 10.2. The molecule has 186 valence electrons. The van der Waals surface area contributed by atoms with Gasteiger partial charge < -0.3 is 24.3 Å². The molecule has 0 bridgehead atoms. The second-order valence-corrected chi connectivity index (χ2v) is 9.10. The van der Waals surface area contributed by atoms with Crippen LogP contribution >= 0.6 is 0 Å². The number of ether oxygens (including phenoxy) is 4. The topological polar surface area (TPSA) is 103 Å². The summed E-state index contributed by atoms with van der Waals surface area (Å²) in [6.07, 6.45) is 0. The van der Waals surface area contributed by atoms with Gasteiger partial charge in [-0.3, -0.25) is 9.10 Å². The van der Waals surface area contributed by atoms with E-state index in [0.717, 1.165) is 4.31 Å². The summed E-state index contributed by atoms with van der Waals surface area (Å²) in [6, 6.07) is 19.7. The van der Waals surface area contributed by atoms with Crippen LogP contribution in [0, 0.1) is 0 Å². The van der Waals surface area contributed by atoms with Crippen molar-refractivity contribution in [3.05, 3.63) is 72.8 Å². The van der Waals surface area contributed by atoms with E-state index >= 15 is 0 Å². The van der Waals surface area contributed by atoms with Crippen LogP contribution in [-0.2, 0) is 14.8 Å². The van der Waals surface area contributed by atoms with Crippen LogP contribution in [0.5, 0.6) is 23.0 Å². The first-order chi connectivity index (χ1) is 16.9. The summed E-state index contributed by atoms with van der Waals surface area (Å²) in [5, 5.41) is 2.70. The first-order valence-electron chi connectivity index (χ1n) is 10.7. The Hall–Kier alpha value is -3.92. The number of hydrogen-bond donors (Lipinski definition) is 1. The van der Waals surface area contributed by atoms with Gasteiger partial charge in [-0.2, -0.15) is 0 Å². The Morgan fingerprint density at radius 1 is 0.829 bits per heavy atom. The van der Waals surface area contributed by atoms with Crippen LogP contribution in [-0.4, -0.2) is 55.4 Å². The molecular weight excluding hydrogens is 472 g/mol. The molecular formula is C25H28N2O7S. The number of amides is 1. The number of sulfonamides is 1. The number of benzene rings is 3. The van der Waals surface area contributed by atoms with Crippen LogP contribution < -0.4 is 28.6 Å². The van der Waals surface area contributed by atoms with Crippen LogP contribution in [0.2, 0.25) is 0 Å². The SMILES string of the molecule is COc1cccc(OCCNC(=O)CN(c2cc(OC)ccc2OC)S(=O)(=O)c2ccccc2)c1. The number of carbonyl (C=O) groups excluding carboxylic acids is 1. The minimum absolute atomic E-state index is 0.0408. The van der Waals surface area contributed by atoms with Crippen molar-refractivity contribution in [2.24, 2.45) is 0 Å². The van der Waals surface area contributed by atoms with E-state index in [4.69, 9.17) is 18.9 Å². The van der Waals surface area contributed by atoms with Crippen molar-refractivity contribution in [2.45, 2.75) is 4.90 Å². The number of anilines is 1. The molecule has 0 saturated carbocycles. The Kier molecular flexibility index (Phi) is 8.80. The van der Waals surface area contributed by atoms with Crippen molar-refractivity contribution in [3.63, 3.8) is 0 Å². The summed E-state index contributed by atoms with van der Waals surface area (Å²) in [4.78, 5) is 12.8. The molecule has 3 aromatic rings. The molecule has 0 radical (unpaired) electrons. The molecule has 0 aliphatic rings. The summed E-state index contributed by atoms with van der Waals surface area (Å²) in [5.74, 6) is 1.43. The molecule has 0 aliphatic carbocycles. The fourth-order valence-corrected chi connectivity index (χ4v) is 4.69. The number of carbonyl (C=O) groups is 1. The van der Waals surface area contributed by atoms with Crippen LogP contribution in [0.15, 0.2) is 77.7 Å². The summed E-state index contributed by atoms with van der Waals surface area (Å²) in [5.41, 5.74) is 0.179. The summed E-state index contributed by atoms with van der Waals surface area (Å²) < 4.78 is 49.5. The van der Waals surface area contributed by atoms with E-state index < -0.39 is 22.5 Å². The predicted octanol–water partition coefficient (Wildman–Crippen LogP) is 3.10. The van der Waals surface area contributed by atoms with Crippen LogP contribution in [0.25, 0.3) is 0 Å². The van der Waals surface area contributed by atoms with Crippen molar-refractivity contribution < 1.29 is 32.2 Å². The van der Waals surface area contributed by atoms with Gasteiger partial charge in [0.1, 0.15) is 36.1 Å². The first-order valence-corrected chi connectivity index (χ1v) is 12.2. The van der Waals surface area contributed by atoms with Gasteiger partial charge in [-0.1, -0.05) is 24.3 Å². The zero-order valence-electron chi connectivity index (χ0n) is 19.8. The molecule has 0 aromatic heterocycles. The Morgan fingerprint density at radius 2 is 1.51 bits per heavy atom. The predicted molar refractivity (Wildman–Crippen MR) is 132 cm³/mol. The number of methoxy groups -OCH3 is 3. The standard InChI is InChI=1S/C25H28N2O7S/c1-31-19-8-7-9-21(16-19)34-15-14-26-25(28)18-27(35(29,30)22-10-5-4-6-11-22)23-17-20(32-2)12-13-24(23)33-3/h4-13,16-17H,14-15,18H2,1-3H3,(H,26,28). The lowest BCUT2D eigenvalue weighted by Crippen LogP contribution is -2.42. The first kappa shape index (κ1) is 25.7. The van der Waals surface area contributed by atoms with E-state index in [1.54, 1.807) is 61.7 Å².